The summed E-state index contributed by atoms with van der Waals surface area (Å²) in [5.41, 5.74) is 1.34. The predicted octanol–water partition coefficient (Wildman–Crippen LogP) is 1.98. The summed E-state index contributed by atoms with van der Waals surface area (Å²) >= 11 is 0. The SMILES string of the molecule is CC(C)Cn1ncc2cc(C(=O)NCC3CCCC3O)cnc21. The van der Waals surface area contributed by atoms with Crippen molar-refractivity contribution in [2.24, 2.45) is 11.8 Å². The van der Waals surface area contributed by atoms with Crippen molar-refractivity contribution in [1.29, 1.82) is 0 Å². The van der Waals surface area contributed by atoms with Crippen LogP contribution < -0.4 is 5.32 Å². The highest BCUT2D eigenvalue weighted by molar-refractivity contribution is 5.96. The summed E-state index contributed by atoms with van der Waals surface area (Å²) in [4.78, 5) is 16.7. The van der Waals surface area contributed by atoms with E-state index in [0.29, 0.717) is 18.0 Å². The quantitative estimate of drug-likeness (QED) is 0.884. The monoisotopic (exact) mass is 316 g/mol. The van der Waals surface area contributed by atoms with Gasteiger partial charge in [0.1, 0.15) is 0 Å². The molecule has 2 heterocycles. The van der Waals surface area contributed by atoms with Crippen LogP contribution in [0.3, 0.4) is 0 Å². The predicted molar refractivity (Wildman–Crippen MR) is 88.0 cm³/mol. The minimum atomic E-state index is -0.287. The Morgan fingerprint density at radius 2 is 2.26 bits per heavy atom. The van der Waals surface area contributed by atoms with Gasteiger partial charge in [0.05, 0.1) is 17.9 Å². The first-order valence-electron chi connectivity index (χ1n) is 8.32. The summed E-state index contributed by atoms with van der Waals surface area (Å²) in [6, 6.07) is 1.83. The molecule has 6 nitrogen and oxygen atoms in total. The lowest BCUT2D eigenvalue weighted by Gasteiger charge is -2.15. The van der Waals surface area contributed by atoms with Gasteiger partial charge in [0.25, 0.3) is 5.91 Å². The maximum absolute atomic E-state index is 12.3. The van der Waals surface area contributed by atoms with Gasteiger partial charge >= 0.3 is 0 Å². The second kappa shape index (κ2) is 6.66. The molecular formula is C17H24N4O2. The van der Waals surface area contributed by atoms with Crippen LogP contribution in [0.15, 0.2) is 18.5 Å². The minimum absolute atomic E-state index is 0.143. The number of amides is 1. The zero-order valence-corrected chi connectivity index (χ0v) is 13.7. The van der Waals surface area contributed by atoms with E-state index in [-0.39, 0.29) is 17.9 Å². The molecule has 3 rings (SSSR count). The molecular weight excluding hydrogens is 292 g/mol. The van der Waals surface area contributed by atoms with E-state index >= 15 is 0 Å². The van der Waals surface area contributed by atoms with Crippen LogP contribution in [0.5, 0.6) is 0 Å². The molecule has 2 N–H and O–H groups in total. The van der Waals surface area contributed by atoms with Crippen LogP contribution in [0.25, 0.3) is 11.0 Å². The van der Waals surface area contributed by atoms with Crippen LogP contribution in [-0.4, -0.2) is 38.4 Å². The molecule has 1 aliphatic rings. The van der Waals surface area contributed by atoms with E-state index < -0.39 is 0 Å². The second-order valence-electron chi connectivity index (χ2n) is 6.83. The number of hydrogen-bond donors (Lipinski definition) is 2. The number of hydrogen-bond acceptors (Lipinski definition) is 4. The Morgan fingerprint density at radius 1 is 1.43 bits per heavy atom. The molecule has 0 aliphatic heterocycles. The van der Waals surface area contributed by atoms with Crippen LogP contribution >= 0.6 is 0 Å². The molecule has 2 unspecified atom stereocenters. The van der Waals surface area contributed by atoms with Gasteiger partial charge in [-0.3, -0.25) is 4.79 Å². The van der Waals surface area contributed by atoms with Crippen molar-refractivity contribution in [2.75, 3.05) is 6.54 Å². The highest BCUT2D eigenvalue weighted by atomic mass is 16.3. The molecule has 6 heteroatoms. The van der Waals surface area contributed by atoms with Crippen LogP contribution in [0.1, 0.15) is 43.5 Å². The van der Waals surface area contributed by atoms with Gasteiger partial charge in [-0.15, -0.1) is 0 Å². The highest BCUT2D eigenvalue weighted by Gasteiger charge is 2.25. The van der Waals surface area contributed by atoms with Crippen molar-refractivity contribution < 1.29 is 9.90 Å². The summed E-state index contributed by atoms with van der Waals surface area (Å²) in [6.07, 6.45) is 5.91. The van der Waals surface area contributed by atoms with E-state index in [1.165, 1.54) is 0 Å². The first kappa shape index (κ1) is 15.9. The minimum Gasteiger partial charge on any atom is -0.393 e. The van der Waals surface area contributed by atoms with Gasteiger partial charge in [-0.1, -0.05) is 20.3 Å². The van der Waals surface area contributed by atoms with Gasteiger partial charge in [-0.2, -0.15) is 5.10 Å². The fraction of sp³-hybridized carbons (Fsp3) is 0.588. The molecule has 0 bridgehead atoms. The largest absolute Gasteiger partial charge is 0.393 e. The summed E-state index contributed by atoms with van der Waals surface area (Å²) in [5, 5.41) is 17.9. The lowest BCUT2D eigenvalue weighted by atomic mass is 10.1. The fourth-order valence-corrected chi connectivity index (χ4v) is 3.16. The Morgan fingerprint density at radius 3 is 2.96 bits per heavy atom. The molecule has 1 amide bonds. The third-order valence-corrected chi connectivity index (χ3v) is 4.42. The van der Waals surface area contributed by atoms with Crippen molar-refractivity contribution in [3.63, 3.8) is 0 Å². The van der Waals surface area contributed by atoms with Gasteiger partial charge in [-0.25, -0.2) is 9.67 Å². The number of aliphatic hydroxyl groups is 1. The maximum Gasteiger partial charge on any atom is 0.252 e. The van der Waals surface area contributed by atoms with E-state index in [2.05, 4.69) is 29.2 Å². The molecule has 2 aromatic heterocycles. The molecule has 23 heavy (non-hydrogen) atoms. The number of carbonyl (C=O) groups excluding carboxylic acids is 1. The number of nitrogens with one attached hydrogen (secondary N) is 1. The Kier molecular flexibility index (Phi) is 4.61. The van der Waals surface area contributed by atoms with Crippen LogP contribution in [-0.2, 0) is 6.54 Å². The van der Waals surface area contributed by atoms with Crippen molar-refractivity contribution >= 4 is 16.9 Å². The second-order valence-corrected chi connectivity index (χ2v) is 6.83. The van der Waals surface area contributed by atoms with Gasteiger partial charge in [0.2, 0.25) is 0 Å². The van der Waals surface area contributed by atoms with E-state index in [0.717, 1.165) is 36.8 Å². The molecule has 1 saturated carbocycles. The maximum atomic E-state index is 12.3. The lowest BCUT2D eigenvalue weighted by molar-refractivity contribution is 0.0916. The summed E-state index contributed by atoms with van der Waals surface area (Å²) in [5.74, 6) is 0.514. The van der Waals surface area contributed by atoms with E-state index in [9.17, 15) is 9.90 Å². The molecule has 1 fully saturated rings. The molecule has 0 spiro atoms. The van der Waals surface area contributed by atoms with Gasteiger partial charge < -0.3 is 10.4 Å². The van der Waals surface area contributed by atoms with E-state index in [1.807, 2.05) is 10.7 Å². The average molecular weight is 316 g/mol. The lowest BCUT2D eigenvalue weighted by Crippen LogP contribution is -2.32. The third kappa shape index (κ3) is 3.52. The van der Waals surface area contributed by atoms with E-state index in [4.69, 9.17) is 0 Å². The van der Waals surface area contributed by atoms with Crippen molar-refractivity contribution in [2.45, 2.75) is 45.8 Å². The van der Waals surface area contributed by atoms with E-state index in [1.54, 1.807) is 12.4 Å². The molecule has 0 aromatic carbocycles. The first-order chi connectivity index (χ1) is 11.0. The Labute approximate surface area is 135 Å². The van der Waals surface area contributed by atoms with Gasteiger partial charge in [-0.05, 0) is 24.8 Å². The Hall–Kier alpha value is -1.95. The fourth-order valence-electron chi connectivity index (χ4n) is 3.16. The first-order valence-corrected chi connectivity index (χ1v) is 8.32. The highest BCUT2D eigenvalue weighted by Crippen LogP contribution is 2.24. The van der Waals surface area contributed by atoms with Crippen molar-refractivity contribution in [3.05, 3.63) is 24.0 Å². The number of pyridine rings is 1. The topological polar surface area (TPSA) is 80.0 Å². The zero-order chi connectivity index (χ0) is 16.4. The number of aliphatic hydroxyl groups excluding tert-OH is 1. The molecule has 124 valence electrons. The number of rotatable bonds is 5. The number of aromatic nitrogens is 3. The van der Waals surface area contributed by atoms with Crippen LogP contribution in [0.4, 0.5) is 0 Å². The summed E-state index contributed by atoms with van der Waals surface area (Å²) in [6.45, 7) is 5.59. The average Bonchev–Trinajstić information content (AvgIpc) is 3.10. The Balaban J connectivity index is 1.69. The zero-order valence-electron chi connectivity index (χ0n) is 13.7. The van der Waals surface area contributed by atoms with Crippen molar-refractivity contribution in [1.82, 2.24) is 20.1 Å². The number of nitrogens with zero attached hydrogens (tertiary/aromatic N) is 3. The smallest absolute Gasteiger partial charge is 0.252 e. The normalized spacial score (nSPS) is 21.2. The summed E-state index contributed by atoms with van der Waals surface area (Å²) in [7, 11) is 0. The number of carbonyl (C=O) groups is 1. The molecule has 0 saturated heterocycles. The molecule has 1 aliphatic carbocycles. The molecule has 2 aromatic rings. The third-order valence-electron chi connectivity index (χ3n) is 4.42. The number of fused-ring (bicyclic) bond motifs is 1. The van der Waals surface area contributed by atoms with Crippen molar-refractivity contribution in [3.8, 4) is 0 Å². The van der Waals surface area contributed by atoms with Crippen LogP contribution in [0, 0.1) is 11.8 Å². The Bertz CT molecular complexity index is 695. The summed E-state index contributed by atoms with van der Waals surface area (Å²) < 4.78 is 1.87. The molecule has 2 atom stereocenters. The molecule has 0 radical (unpaired) electrons. The van der Waals surface area contributed by atoms with Gasteiger partial charge in [0.15, 0.2) is 5.65 Å². The van der Waals surface area contributed by atoms with Gasteiger partial charge in [0, 0.05) is 30.6 Å². The standard InChI is InChI=1S/C17H24N4O2/c1-11(2)10-21-16-13(9-20-21)6-14(8-18-16)17(23)19-7-12-4-3-5-15(12)22/h6,8-9,11-12,15,22H,3-5,7,10H2,1-2H3,(H,19,23). The van der Waals surface area contributed by atoms with Crippen LogP contribution in [0.2, 0.25) is 0 Å².